The molecule has 1 fully saturated rings. The van der Waals surface area contributed by atoms with Crippen molar-refractivity contribution in [2.24, 2.45) is 0 Å². The number of nitrogens with zero attached hydrogens (tertiary/aromatic N) is 1. The highest BCUT2D eigenvalue weighted by Gasteiger charge is 2.49. The van der Waals surface area contributed by atoms with Gasteiger partial charge in [0.1, 0.15) is 1.37 Å². The first-order valence-corrected chi connectivity index (χ1v) is 5.96. The maximum atomic E-state index is 10.3. The number of hydrogen-bond donors (Lipinski definition) is 1. The van der Waals surface area contributed by atoms with E-state index >= 15 is 0 Å². The minimum Gasteiger partial charge on any atom is -0.280 e. The molecular formula is C11H12NO2S+. The van der Waals surface area contributed by atoms with E-state index in [1.807, 2.05) is 12.1 Å². The lowest BCUT2D eigenvalue weighted by Gasteiger charge is -2.40. The summed E-state index contributed by atoms with van der Waals surface area (Å²) in [6.07, 6.45) is 1.91. The van der Waals surface area contributed by atoms with Crippen molar-refractivity contribution in [3.05, 3.63) is 34.7 Å². The molecule has 2 heterocycles. The fourth-order valence-corrected chi connectivity index (χ4v) is 2.57. The van der Waals surface area contributed by atoms with E-state index in [2.05, 4.69) is 0 Å². The van der Waals surface area contributed by atoms with Gasteiger partial charge in [-0.2, -0.15) is 0 Å². The molecule has 3 rings (SSSR count). The molecule has 0 amide bonds. The summed E-state index contributed by atoms with van der Waals surface area (Å²) in [6, 6.07) is 7.27. The second-order valence-corrected chi connectivity index (χ2v) is 4.97. The summed E-state index contributed by atoms with van der Waals surface area (Å²) in [6.45, 7) is 0. The smallest absolute Gasteiger partial charge is 0.280 e. The van der Waals surface area contributed by atoms with E-state index in [-0.39, 0.29) is 0 Å². The molecule has 1 N–H and O–H groups in total. The summed E-state index contributed by atoms with van der Waals surface area (Å²) in [5.41, 5.74) is 0. The van der Waals surface area contributed by atoms with Crippen LogP contribution in [0.4, 0.5) is 0 Å². The van der Waals surface area contributed by atoms with Gasteiger partial charge in [0.15, 0.2) is 0 Å². The second-order valence-electron chi connectivity index (χ2n) is 3.35. The fraction of sp³-hybridized carbons (Fsp3) is 0.182. The zero-order valence-electron chi connectivity index (χ0n) is 11.8. The topological polar surface area (TPSA) is 32.5 Å². The molecule has 0 aliphatic carbocycles. The molecule has 1 saturated heterocycles. The van der Waals surface area contributed by atoms with Crippen LogP contribution in [0.25, 0.3) is 12.2 Å². The standard InChI is InChI=1S/C11H11NO2S/c1-15(13)11-8-10-5-3-2-4-9(10)6-7-12(11)14-15/h2-8,11H,1H3/p+1/i1D3,11D. The number of rotatable bonds is 0. The molecule has 78 valence electrons. The van der Waals surface area contributed by atoms with Gasteiger partial charge < -0.3 is 0 Å². The van der Waals surface area contributed by atoms with E-state index in [1.165, 1.54) is 12.3 Å². The van der Waals surface area contributed by atoms with Gasteiger partial charge in [-0.3, -0.25) is 4.55 Å². The molecule has 2 atom stereocenters. The summed E-state index contributed by atoms with van der Waals surface area (Å²) in [7, 11) is -3.54. The van der Waals surface area contributed by atoms with Crippen LogP contribution in [0.2, 0.25) is 0 Å². The molecule has 0 saturated carbocycles. The summed E-state index contributed by atoms with van der Waals surface area (Å²) < 4.78 is 46.8. The van der Waals surface area contributed by atoms with Crippen molar-refractivity contribution in [2.75, 3.05) is 6.18 Å². The van der Waals surface area contributed by atoms with E-state index < -0.39 is 22.1 Å². The molecular weight excluding hydrogens is 210 g/mol. The summed E-state index contributed by atoms with van der Waals surface area (Å²) in [5.74, 6) is 0. The van der Waals surface area contributed by atoms with E-state index in [4.69, 9.17) is 9.77 Å². The molecule has 2 aliphatic rings. The minimum atomic E-state index is -3.54. The molecule has 0 aromatic heterocycles. The summed E-state index contributed by atoms with van der Waals surface area (Å²) in [5, 5.41) is -0.240. The SMILES string of the molecule is [2H]C([2H])([2H])S1(O)O[N+]2=CC=c3ccccc3=CC21[2H]. The molecule has 0 bridgehead atoms. The van der Waals surface area contributed by atoms with Crippen molar-refractivity contribution in [3.63, 3.8) is 0 Å². The van der Waals surface area contributed by atoms with Gasteiger partial charge in [0.2, 0.25) is 6.21 Å². The van der Waals surface area contributed by atoms with E-state index in [9.17, 15) is 4.55 Å². The Morgan fingerprint density at radius 2 is 2.33 bits per heavy atom. The van der Waals surface area contributed by atoms with Crippen molar-refractivity contribution in [2.45, 2.75) is 5.35 Å². The fourth-order valence-electron chi connectivity index (χ4n) is 1.60. The van der Waals surface area contributed by atoms with Crippen molar-refractivity contribution in [1.29, 1.82) is 0 Å². The van der Waals surface area contributed by atoms with Gasteiger partial charge in [0, 0.05) is 21.0 Å². The first-order valence-electron chi connectivity index (χ1n) is 6.45. The maximum Gasteiger partial charge on any atom is 0.326 e. The molecule has 0 spiro atoms. The van der Waals surface area contributed by atoms with Crippen molar-refractivity contribution in [1.82, 2.24) is 0 Å². The van der Waals surface area contributed by atoms with Crippen molar-refractivity contribution in [3.8, 4) is 0 Å². The first-order chi connectivity index (χ1) is 8.78. The molecule has 0 radical (unpaired) electrons. The van der Waals surface area contributed by atoms with E-state index in [0.717, 1.165) is 9.96 Å². The van der Waals surface area contributed by atoms with Gasteiger partial charge in [-0.05, 0) is 21.0 Å². The van der Waals surface area contributed by atoms with Crippen molar-refractivity contribution < 1.29 is 19.1 Å². The minimum absolute atomic E-state index is 0.703. The highest BCUT2D eigenvalue weighted by Crippen LogP contribution is 2.55. The lowest BCUT2D eigenvalue weighted by Crippen LogP contribution is -2.43. The van der Waals surface area contributed by atoms with Crippen LogP contribution in [-0.4, -0.2) is 27.0 Å². The highest BCUT2D eigenvalue weighted by atomic mass is 32.3. The van der Waals surface area contributed by atoms with Gasteiger partial charge >= 0.3 is 5.35 Å². The lowest BCUT2D eigenvalue weighted by molar-refractivity contribution is -0.775. The van der Waals surface area contributed by atoms with Crippen LogP contribution in [0.3, 0.4) is 0 Å². The van der Waals surface area contributed by atoms with Gasteiger partial charge in [0.05, 0.1) is 6.18 Å². The third-order valence-electron chi connectivity index (χ3n) is 2.35. The molecule has 3 nitrogen and oxygen atoms in total. The van der Waals surface area contributed by atoms with Crippen LogP contribution in [0.15, 0.2) is 24.3 Å². The second kappa shape index (κ2) is 2.87. The highest BCUT2D eigenvalue weighted by molar-refractivity contribution is 8.25. The number of hydrogen-bond acceptors (Lipinski definition) is 2. The third-order valence-corrected chi connectivity index (χ3v) is 3.59. The van der Waals surface area contributed by atoms with Crippen LogP contribution < -0.4 is 10.4 Å². The average molecular weight is 226 g/mol. The zero-order valence-corrected chi connectivity index (χ0v) is 8.57. The number of benzene rings is 1. The first kappa shape index (κ1) is 5.72. The van der Waals surface area contributed by atoms with Gasteiger partial charge in [0.25, 0.3) is 0 Å². The number of hydroxylamine groups is 1. The molecule has 2 unspecified atom stereocenters. The molecule has 15 heavy (non-hydrogen) atoms. The molecule has 2 aliphatic heterocycles. The van der Waals surface area contributed by atoms with E-state index in [0.29, 0.717) is 5.22 Å². The van der Waals surface area contributed by atoms with Crippen LogP contribution in [0.5, 0.6) is 0 Å². The van der Waals surface area contributed by atoms with Gasteiger partial charge in [-0.25, -0.2) is 0 Å². The average Bonchev–Trinajstić information content (AvgIpc) is 2.44. The Balaban J connectivity index is 2.25. The van der Waals surface area contributed by atoms with Crippen LogP contribution in [-0.2, 0) is 4.28 Å². The Hall–Kier alpha value is -1.26. The largest absolute Gasteiger partial charge is 0.326 e. The summed E-state index contributed by atoms with van der Waals surface area (Å²) >= 11 is 0. The Morgan fingerprint density at radius 3 is 3.13 bits per heavy atom. The zero-order chi connectivity index (χ0) is 13.9. The Labute approximate surface area is 94.9 Å². The van der Waals surface area contributed by atoms with Crippen LogP contribution in [0, 0.1) is 0 Å². The third kappa shape index (κ3) is 1.29. The lowest BCUT2D eigenvalue weighted by atomic mass is 10.2. The number of fused-ring (bicyclic) bond motifs is 2. The predicted molar refractivity (Wildman–Crippen MR) is 62.0 cm³/mol. The maximum absolute atomic E-state index is 10.3. The van der Waals surface area contributed by atoms with Gasteiger partial charge in [-0.1, -0.05) is 24.3 Å². The summed E-state index contributed by atoms with van der Waals surface area (Å²) in [4.78, 5) is 0. The molecule has 1 aromatic rings. The van der Waals surface area contributed by atoms with Crippen molar-refractivity contribution >= 4 is 29.0 Å². The van der Waals surface area contributed by atoms with E-state index in [1.54, 1.807) is 18.2 Å². The predicted octanol–water partition coefficient (Wildman–Crippen LogP) is 0.438. The van der Waals surface area contributed by atoms with Crippen LogP contribution >= 0.6 is 10.6 Å². The molecule has 1 aromatic carbocycles. The quantitative estimate of drug-likeness (QED) is 0.651. The normalized spacial score (nSPS) is 45.5. The van der Waals surface area contributed by atoms with Crippen LogP contribution in [0.1, 0.15) is 5.48 Å². The monoisotopic (exact) mass is 226 g/mol. The molecule has 4 heteroatoms. The van der Waals surface area contributed by atoms with Gasteiger partial charge in [-0.15, -0.1) is 4.28 Å². The Morgan fingerprint density at radius 1 is 1.53 bits per heavy atom. The Bertz CT molecular complexity index is 701. The Kier molecular flexibility index (Phi) is 1.09.